The Morgan fingerprint density at radius 2 is 2.14 bits per heavy atom. The van der Waals surface area contributed by atoms with Gasteiger partial charge in [-0.15, -0.1) is 0 Å². The van der Waals surface area contributed by atoms with E-state index in [0.717, 1.165) is 25.7 Å². The molecule has 0 heterocycles. The molecule has 0 aromatic heterocycles. The first kappa shape index (κ1) is 11.5. The quantitative estimate of drug-likeness (QED) is 0.612. The average Bonchev–Trinajstić information content (AvgIpc) is 2.00. The van der Waals surface area contributed by atoms with E-state index in [1.807, 2.05) is 0 Å². The predicted octanol–water partition coefficient (Wildman–Crippen LogP) is 3.74. The van der Waals surface area contributed by atoms with Crippen molar-refractivity contribution >= 4 is 5.78 Å². The smallest absolute Gasteiger partial charge is 0.133 e. The van der Waals surface area contributed by atoms with Crippen LogP contribution in [0.2, 0.25) is 0 Å². The van der Waals surface area contributed by atoms with Crippen molar-refractivity contribution in [1.29, 1.82) is 0 Å². The zero-order valence-electron chi connectivity index (χ0n) is 9.89. The normalized spacial score (nSPS) is 26.0. The third kappa shape index (κ3) is 2.97. The molecule has 0 N–H and O–H groups in total. The molecule has 1 aliphatic carbocycles. The van der Waals surface area contributed by atoms with Crippen LogP contribution in [-0.4, -0.2) is 5.78 Å². The maximum atomic E-state index is 11.3. The monoisotopic (exact) mass is 194 g/mol. The number of carbonyl (C=O) groups is 1. The van der Waals surface area contributed by atoms with Crippen molar-refractivity contribution in [1.82, 2.24) is 0 Å². The molecule has 0 aromatic rings. The van der Waals surface area contributed by atoms with Crippen LogP contribution in [0.25, 0.3) is 0 Å². The summed E-state index contributed by atoms with van der Waals surface area (Å²) in [5.41, 5.74) is 1.60. The van der Waals surface area contributed by atoms with E-state index < -0.39 is 0 Å². The molecular weight excluding hydrogens is 172 g/mol. The maximum absolute atomic E-state index is 11.3. The van der Waals surface area contributed by atoms with Crippen molar-refractivity contribution < 1.29 is 4.79 Å². The Kier molecular flexibility index (Phi) is 3.52. The molecule has 0 spiro atoms. The number of ketones is 1. The summed E-state index contributed by atoms with van der Waals surface area (Å²) in [4.78, 5) is 11.3. The van der Waals surface area contributed by atoms with Gasteiger partial charge in [-0.1, -0.05) is 25.5 Å². The summed E-state index contributed by atoms with van der Waals surface area (Å²) in [6.07, 6.45) is 6.10. The molecule has 1 nitrogen and oxygen atoms in total. The Bertz CT molecular complexity index is 244. The van der Waals surface area contributed by atoms with Gasteiger partial charge >= 0.3 is 0 Å². The summed E-state index contributed by atoms with van der Waals surface area (Å²) in [7, 11) is 0. The van der Waals surface area contributed by atoms with Crippen LogP contribution in [0.1, 0.15) is 53.4 Å². The summed E-state index contributed by atoms with van der Waals surface area (Å²) in [5.74, 6) is 1.14. The minimum atomic E-state index is 0.210. The molecule has 80 valence electrons. The van der Waals surface area contributed by atoms with E-state index in [0.29, 0.717) is 11.7 Å². The minimum absolute atomic E-state index is 0.210. The van der Waals surface area contributed by atoms with Crippen LogP contribution in [0, 0.1) is 11.3 Å². The Balaban J connectivity index is 2.60. The van der Waals surface area contributed by atoms with Gasteiger partial charge in [-0.25, -0.2) is 0 Å². The molecule has 0 saturated heterocycles. The van der Waals surface area contributed by atoms with E-state index in [1.54, 1.807) is 0 Å². The van der Waals surface area contributed by atoms with E-state index in [1.165, 1.54) is 5.57 Å². The molecule has 1 aliphatic rings. The first-order chi connectivity index (χ1) is 6.42. The van der Waals surface area contributed by atoms with Gasteiger partial charge in [0.15, 0.2) is 0 Å². The molecule has 1 saturated carbocycles. The zero-order valence-corrected chi connectivity index (χ0v) is 9.89. The topological polar surface area (TPSA) is 17.1 Å². The highest BCUT2D eigenvalue weighted by Crippen LogP contribution is 2.41. The second-order valence-electron chi connectivity index (χ2n) is 5.46. The molecule has 1 rings (SSSR count). The maximum Gasteiger partial charge on any atom is 0.133 e. The van der Waals surface area contributed by atoms with Gasteiger partial charge < -0.3 is 0 Å². The molecular formula is C13H22O. The van der Waals surface area contributed by atoms with Crippen LogP contribution in [0.15, 0.2) is 11.6 Å². The van der Waals surface area contributed by atoms with Gasteiger partial charge in [0.25, 0.3) is 0 Å². The highest BCUT2D eigenvalue weighted by molar-refractivity contribution is 5.79. The fraction of sp³-hybridized carbons (Fsp3) is 0.769. The third-order valence-corrected chi connectivity index (χ3v) is 3.34. The summed E-state index contributed by atoms with van der Waals surface area (Å²) >= 11 is 0. The van der Waals surface area contributed by atoms with Crippen LogP contribution in [0.3, 0.4) is 0 Å². The average molecular weight is 194 g/mol. The Morgan fingerprint density at radius 3 is 2.64 bits per heavy atom. The second-order valence-corrected chi connectivity index (χ2v) is 5.46. The number of allylic oxidation sites excluding steroid dienone is 2. The third-order valence-electron chi connectivity index (χ3n) is 3.34. The lowest BCUT2D eigenvalue weighted by atomic mass is 9.67. The van der Waals surface area contributed by atoms with E-state index in [4.69, 9.17) is 0 Å². The molecule has 0 unspecified atom stereocenters. The predicted molar refractivity (Wildman–Crippen MR) is 60.2 cm³/mol. The standard InChI is InChI=1S/C13H22O/c1-10(2)5-6-11-7-8-12(14)9-13(11,3)4/h5,11H,6-9H2,1-4H3/t11-/m0/s1. The molecule has 14 heavy (non-hydrogen) atoms. The molecule has 0 bridgehead atoms. The van der Waals surface area contributed by atoms with Crippen LogP contribution in [0.4, 0.5) is 0 Å². The largest absolute Gasteiger partial charge is 0.300 e. The molecule has 1 fully saturated rings. The van der Waals surface area contributed by atoms with Crippen LogP contribution in [0.5, 0.6) is 0 Å². The first-order valence-corrected chi connectivity index (χ1v) is 5.57. The Morgan fingerprint density at radius 1 is 1.50 bits per heavy atom. The van der Waals surface area contributed by atoms with Crippen LogP contribution < -0.4 is 0 Å². The van der Waals surface area contributed by atoms with E-state index in [-0.39, 0.29) is 5.41 Å². The summed E-state index contributed by atoms with van der Waals surface area (Å²) in [5, 5.41) is 0. The molecule has 1 atom stereocenters. The molecule has 0 aliphatic heterocycles. The Labute approximate surface area is 87.6 Å². The summed E-state index contributed by atoms with van der Waals surface area (Å²) < 4.78 is 0. The fourth-order valence-electron chi connectivity index (χ4n) is 2.28. The Hall–Kier alpha value is -0.590. The van der Waals surface area contributed by atoms with Gasteiger partial charge in [0, 0.05) is 12.8 Å². The van der Waals surface area contributed by atoms with Crippen LogP contribution in [-0.2, 0) is 4.79 Å². The molecule has 0 amide bonds. The van der Waals surface area contributed by atoms with Crippen molar-refractivity contribution in [3.8, 4) is 0 Å². The second kappa shape index (κ2) is 4.29. The number of carbonyl (C=O) groups excluding carboxylic acids is 1. The zero-order chi connectivity index (χ0) is 10.8. The molecule has 0 radical (unpaired) electrons. The van der Waals surface area contributed by atoms with Gasteiger partial charge in [0.2, 0.25) is 0 Å². The lowest BCUT2D eigenvalue weighted by molar-refractivity contribution is -0.124. The first-order valence-electron chi connectivity index (χ1n) is 5.57. The van der Waals surface area contributed by atoms with Crippen molar-refractivity contribution in [2.45, 2.75) is 53.4 Å². The summed E-state index contributed by atoms with van der Waals surface area (Å²) in [6.45, 7) is 8.74. The van der Waals surface area contributed by atoms with Crippen LogP contribution >= 0.6 is 0 Å². The van der Waals surface area contributed by atoms with Crippen molar-refractivity contribution in [2.75, 3.05) is 0 Å². The lowest BCUT2D eigenvalue weighted by Crippen LogP contribution is -2.32. The fourth-order valence-corrected chi connectivity index (χ4v) is 2.28. The van der Waals surface area contributed by atoms with Crippen molar-refractivity contribution in [2.24, 2.45) is 11.3 Å². The molecule has 1 heteroatoms. The van der Waals surface area contributed by atoms with E-state index >= 15 is 0 Å². The van der Waals surface area contributed by atoms with E-state index in [9.17, 15) is 4.79 Å². The van der Waals surface area contributed by atoms with Gasteiger partial charge in [-0.05, 0) is 38.0 Å². The van der Waals surface area contributed by atoms with Gasteiger partial charge in [0.1, 0.15) is 5.78 Å². The molecule has 0 aromatic carbocycles. The number of hydrogen-bond acceptors (Lipinski definition) is 1. The van der Waals surface area contributed by atoms with E-state index in [2.05, 4.69) is 33.8 Å². The van der Waals surface area contributed by atoms with Crippen molar-refractivity contribution in [3.05, 3.63) is 11.6 Å². The van der Waals surface area contributed by atoms with Gasteiger partial charge in [-0.3, -0.25) is 4.79 Å². The minimum Gasteiger partial charge on any atom is -0.300 e. The SMILES string of the molecule is CC(C)=CC[C@H]1CCC(=O)CC1(C)C. The highest BCUT2D eigenvalue weighted by Gasteiger charge is 2.34. The number of Topliss-reactive ketones (excluding diaryl/α,β-unsaturated/α-hetero) is 1. The van der Waals surface area contributed by atoms with Gasteiger partial charge in [-0.2, -0.15) is 0 Å². The lowest BCUT2D eigenvalue weighted by Gasteiger charge is -2.37. The number of hydrogen-bond donors (Lipinski definition) is 0. The highest BCUT2D eigenvalue weighted by atomic mass is 16.1. The number of rotatable bonds is 2. The van der Waals surface area contributed by atoms with Gasteiger partial charge in [0.05, 0.1) is 0 Å². The summed E-state index contributed by atoms with van der Waals surface area (Å²) in [6, 6.07) is 0. The van der Waals surface area contributed by atoms with Crippen molar-refractivity contribution in [3.63, 3.8) is 0 Å².